The number of nitrogens with one attached hydrogen (secondary N) is 1. The topological polar surface area (TPSA) is 136 Å². The van der Waals surface area contributed by atoms with Crippen LogP contribution in [0.15, 0.2) is 11.6 Å². The van der Waals surface area contributed by atoms with Crippen LogP contribution in [0.3, 0.4) is 0 Å². The van der Waals surface area contributed by atoms with E-state index in [9.17, 15) is 19.6 Å². The Morgan fingerprint density at radius 2 is 2.08 bits per heavy atom. The van der Waals surface area contributed by atoms with Crippen LogP contribution in [0.25, 0.3) is 6.08 Å². The first kappa shape index (κ1) is 20.9. The Bertz CT molecular complexity index is 773. The van der Waals surface area contributed by atoms with Crippen molar-refractivity contribution >= 4 is 24.0 Å². The number of urea groups is 1. The summed E-state index contributed by atoms with van der Waals surface area (Å²) in [5.41, 5.74) is 7.06. The highest BCUT2D eigenvalue weighted by atomic mass is 16.5. The van der Waals surface area contributed by atoms with Gasteiger partial charge in [0.25, 0.3) is 5.91 Å². The molecule has 1 aromatic rings. The lowest BCUT2D eigenvalue weighted by Crippen LogP contribution is -2.42. The average Bonchev–Trinajstić information content (AvgIpc) is 2.83. The van der Waals surface area contributed by atoms with Crippen LogP contribution in [0, 0.1) is 25.2 Å². The van der Waals surface area contributed by atoms with Gasteiger partial charge in [0.15, 0.2) is 6.10 Å². The van der Waals surface area contributed by atoms with Crippen LogP contribution in [0.2, 0.25) is 0 Å². The summed E-state index contributed by atoms with van der Waals surface area (Å²) in [5.74, 6) is -1.85. The maximum Gasteiger partial charge on any atom is 0.349 e. The van der Waals surface area contributed by atoms with Crippen molar-refractivity contribution in [2.75, 3.05) is 13.7 Å². The summed E-state index contributed by atoms with van der Waals surface area (Å²) in [5, 5.41) is 11.0. The van der Waals surface area contributed by atoms with Gasteiger partial charge in [-0.25, -0.2) is 9.59 Å². The number of nitriles is 1. The van der Waals surface area contributed by atoms with Gasteiger partial charge in [-0.15, -0.1) is 0 Å². The Morgan fingerprint density at radius 1 is 1.42 bits per heavy atom. The Labute approximate surface area is 151 Å². The largest absolute Gasteiger partial charge is 0.448 e. The van der Waals surface area contributed by atoms with Crippen molar-refractivity contribution in [1.82, 2.24) is 9.88 Å². The summed E-state index contributed by atoms with van der Waals surface area (Å²) in [6, 6.07) is 2.54. The van der Waals surface area contributed by atoms with Crippen LogP contribution < -0.4 is 11.1 Å². The van der Waals surface area contributed by atoms with E-state index in [-0.39, 0.29) is 5.57 Å². The molecule has 0 radical (unpaired) electrons. The summed E-state index contributed by atoms with van der Waals surface area (Å²) < 4.78 is 12.0. The van der Waals surface area contributed by atoms with Crippen LogP contribution in [0.4, 0.5) is 4.79 Å². The number of ether oxygens (including phenoxy) is 2. The normalized spacial score (nSPS) is 12.2. The van der Waals surface area contributed by atoms with E-state index in [0.29, 0.717) is 18.7 Å². The monoisotopic (exact) mass is 362 g/mol. The second kappa shape index (κ2) is 9.39. The number of rotatable bonds is 7. The second-order valence-corrected chi connectivity index (χ2v) is 5.54. The zero-order chi connectivity index (χ0) is 19.9. The predicted octanol–water partition coefficient (Wildman–Crippen LogP) is 0.785. The van der Waals surface area contributed by atoms with Crippen LogP contribution in [0.1, 0.15) is 23.9 Å². The number of aryl methyl sites for hydroxylation is 1. The Hall–Kier alpha value is -3.12. The molecule has 0 spiro atoms. The van der Waals surface area contributed by atoms with Gasteiger partial charge >= 0.3 is 12.0 Å². The molecular weight excluding hydrogens is 340 g/mol. The molecule has 26 heavy (non-hydrogen) atoms. The van der Waals surface area contributed by atoms with E-state index in [4.69, 9.17) is 15.2 Å². The molecular formula is C17H22N4O5. The minimum atomic E-state index is -1.28. The van der Waals surface area contributed by atoms with Crippen molar-refractivity contribution in [1.29, 1.82) is 5.26 Å². The lowest BCUT2D eigenvalue weighted by atomic mass is 10.1. The number of primary amides is 1. The SMILES string of the molecule is COCCn1c(C)cc(/C=C(\C#N)C(=O)O[C@@H](C)C(=O)NC(N)=O)c1C. The van der Waals surface area contributed by atoms with Gasteiger partial charge in [0, 0.05) is 25.0 Å². The van der Waals surface area contributed by atoms with Crippen LogP contribution in [0.5, 0.6) is 0 Å². The minimum absolute atomic E-state index is 0.268. The molecule has 1 atom stereocenters. The number of carbonyl (C=O) groups is 3. The molecule has 1 rings (SSSR count). The first-order valence-electron chi connectivity index (χ1n) is 7.80. The lowest BCUT2D eigenvalue weighted by molar-refractivity contribution is -0.150. The van der Waals surface area contributed by atoms with E-state index in [0.717, 1.165) is 11.4 Å². The highest BCUT2D eigenvalue weighted by Gasteiger charge is 2.22. The van der Waals surface area contributed by atoms with Crippen molar-refractivity contribution in [3.8, 4) is 6.07 Å². The van der Waals surface area contributed by atoms with Gasteiger partial charge < -0.3 is 19.8 Å². The molecule has 3 N–H and O–H groups in total. The third-order valence-corrected chi connectivity index (χ3v) is 3.67. The predicted molar refractivity (Wildman–Crippen MR) is 92.7 cm³/mol. The van der Waals surface area contributed by atoms with E-state index in [2.05, 4.69) is 0 Å². The molecule has 0 unspecified atom stereocenters. The van der Waals surface area contributed by atoms with Crippen LogP contribution >= 0.6 is 0 Å². The lowest BCUT2D eigenvalue weighted by Gasteiger charge is -2.11. The van der Waals surface area contributed by atoms with E-state index in [1.807, 2.05) is 24.5 Å². The number of nitrogens with zero attached hydrogens (tertiary/aromatic N) is 2. The maximum atomic E-state index is 12.1. The molecule has 140 valence electrons. The van der Waals surface area contributed by atoms with Gasteiger partial charge in [-0.2, -0.15) is 5.26 Å². The molecule has 0 fully saturated rings. The van der Waals surface area contributed by atoms with E-state index in [1.165, 1.54) is 13.0 Å². The number of nitrogens with two attached hydrogens (primary N) is 1. The molecule has 9 heteroatoms. The first-order chi connectivity index (χ1) is 12.2. The number of carbonyl (C=O) groups excluding carboxylic acids is 3. The number of esters is 1. The Morgan fingerprint density at radius 3 is 2.62 bits per heavy atom. The summed E-state index contributed by atoms with van der Waals surface area (Å²) in [6.07, 6.45) is 0.119. The highest BCUT2D eigenvalue weighted by Crippen LogP contribution is 2.19. The van der Waals surface area contributed by atoms with Gasteiger partial charge in [-0.1, -0.05) is 0 Å². The number of imide groups is 1. The molecule has 0 saturated heterocycles. The van der Waals surface area contributed by atoms with Crippen molar-refractivity contribution in [3.63, 3.8) is 0 Å². The number of amides is 3. The summed E-state index contributed by atoms with van der Waals surface area (Å²) in [4.78, 5) is 34.3. The fourth-order valence-electron chi connectivity index (χ4n) is 2.29. The van der Waals surface area contributed by atoms with Crippen molar-refractivity contribution in [2.45, 2.75) is 33.4 Å². The summed E-state index contributed by atoms with van der Waals surface area (Å²) in [7, 11) is 1.61. The number of hydrogen-bond donors (Lipinski definition) is 2. The minimum Gasteiger partial charge on any atom is -0.448 e. The van der Waals surface area contributed by atoms with Gasteiger partial charge in [0.1, 0.15) is 11.6 Å². The first-order valence-corrected chi connectivity index (χ1v) is 7.80. The second-order valence-electron chi connectivity index (χ2n) is 5.54. The molecule has 0 aromatic carbocycles. The smallest absolute Gasteiger partial charge is 0.349 e. The van der Waals surface area contributed by atoms with Gasteiger partial charge in [0.2, 0.25) is 0 Å². The highest BCUT2D eigenvalue weighted by molar-refractivity contribution is 6.01. The van der Waals surface area contributed by atoms with Gasteiger partial charge in [-0.05, 0) is 38.5 Å². The Balaban J connectivity index is 2.98. The maximum absolute atomic E-state index is 12.1. The quantitative estimate of drug-likeness (QED) is 0.418. The molecule has 9 nitrogen and oxygen atoms in total. The molecule has 1 heterocycles. The zero-order valence-electron chi connectivity index (χ0n) is 15.2. The Kier molecular flexibility index (Phi) is 7.55. The van der Waals surface area contributed by atoms with Crippen molar-refractivity contribution in [3.05, 3.63) is 28.6 Å². The third kappa shape index (κ3) is 5.46. The number of hydrogen-bond acceptors (Lipinski definition) is 6. The number of methoxy groups -OCH3 is 1. The van der Waals surface area contributed by atoms with Crippen molar-refractivity contribution < 1.29 is 23.9 Å². The molecule has 0 saturated carbocycles. The third-order valence-electron chi connectivity index (χ3n) is 3.67. The molecule has 0 aliphatic rings. The summed E-state index contributed by atoms with van der Waals surface area (Å²) >= 11 is 0. The molecule has 0 bridgehead atoms. The van der Waals surface area contributed by atoms with Crippen LogP contribution in [-0.4, -0.2) is 42.3 Å². The van der Waals surface area contributed by atoms with E-state index >= 15 is 0 Å². The zero-order valence-corrected chi connectivity index (χ0v) is 15.2. The fraction of sp³-hybridized carbons (Fsp3) is 0.412. The number of aromatic nitrogens is 1. The van der Waals surface area contributed by atoms with Gasteiger partial charge in [0.05, 0.1) is 6.61 Å². The van der Waals surface area contributed by atoms with E-state index in [1.54, 1.807) is 18.5 Å². The van der Waals surface area contributed by atoms with Crippen molar-refractivity contribution in [2.24, 2.45) is 5.73 Å². The van der Waals surface area contributed by atoms with E-state index < -0.39 is 24.0 Å². The molecule has 0 aliphatic carbocycles. The fourth-order valence-corrected chi connectivity index (χ4v) is 2.29. The molecule has 3 amide bonds. The molecule has 1 aromatic heterocycles. The average molecular weight is 362 g/mol. The summed E-state index contributed by atoms with van der Waals surface area (Å²) in [6.45, 7) is 6.19. The van der Waals surface area contributed by atoms with Gasteiger partial charge in [-0.3, -0.25) is 10.1 Å². The molecule has 0 aliphatic heterocycles. The standard InChI is InChI=1S/C17H22N4O5/c1-10-7-13(11(2)21(10)5-6-25-4)8-14(9-18)16(23)26-12(3)15(22)20-17(19)24/h7-8,12H,5-6H2,1-4H3,(H3,19,20,22,24)/b14-8+/t12-/m0/s1. The van der Waals surface area contributed by atoms with Crippen LogP contribution in [-0.2, 0) is 25.6 Å².